The van der Waals surface area contributed by atoms with Gasteiger partial charge in [0.2, 0.25) is 0 Å². The van der Waals surface area contributed by atoms with Gasteiger partial charge in [0.1, 0.15) is 17.7 Å². The highest BCUT2D eigenvalue weighted by Crippen LogP contribution is 2.46. The van der Waals surface area contributed by atoms with Crippen LogP contribution in [0.4, 0.5) is 19.0 Å². The number of benzene rings is 2. The Morgan fingerprint density at radius 2 is 1.74 bits per heavy atom. The molecule has 2 aromatic carbocycles. The molecule has 1 aliphatic carbocycles. The molecule has 7 nitrogen and oxygen atoms in total. The predicted molar refractivity (Wildman–Crippen MR) is 133 cm³/mol. The minimum Gasteiger partial charge on any atom is -0.487 e. The van der Waals surface area contributed by atoms with Gasteiger partial charge in [-0.05, 0) is 60.9 Å². The Bertz CT molecular complexity index is 1350. The first-order valence-corrected chi connectivity index (χ1v) is 12.2. The number of aromatic nitrogens is 1. The summed E-state index contributed by atoms with van der Waals surface area (Å²) in [6.07, 6.45) is -2.93. The number of ether oxygens (including phenoxy) is 2. The predicted octanol–water partition coefficient (Wildman–Crippen LogP) is 5.23. The molecule has 2 fully saturated rings. The fourth-order valence-electron chi connectivity index (χ4n) is 4.36. The fraction of sp³-hybridized carbons (Fsp3) is 0.296. The maximum absolute atomic E-state index is 13.5. The van der Waals surface area contributed by atoms with Crippen LogP contribution >= 0.6 is 11.6 Å². The van der Waals surface area contributed by atoms with Gasteiger partial charge in [0, 0.05) is 11.2 Å². The Kier molecular flexibility index (Phi) is 6.68. The molecule has 0 bridgehead atoms. The van der Waals surface area contributed by atoms with Crippen molar-refractivity contribution in [2.45, 2.75) is 30.7 Å². The quantitative estimate of drug-likeness (QED) is 0.410. The number of anilines is 1. The molecule has 0 spiro atoms. The van der Waals surface area contributed by atoms with Crippen LogP contribution in [0.3, 0.4) is 0 Å². The number of pyridine rings is 1. The summed E-state index contributed by atoms with van der Waals surface area (Å²) in [7, 11) is 1.28. The zero-order valence-corrected chi connectivity index (χ0v) is 21.0. The van der Waals surface area contributed by atoms with Crippen molar-refractivity contribution in [3.8, 4) is 5.75 Å². The van der Waals surface area contributed by atoms with Crippen LogP contribution in [-0.2, 0) is 16.5 Å². The van der Waals surface area contributed by atoms with Crippen LogP contribution < -0.4 is 15.0 Å². The van der Waals surface area contributed by atoms with E-state index in [9.17, 15) is 22.8 Å². The number of hydrogen-bond donors (Lipinski definition) is 1. The lowest BCUT2D eigenvalue weighted by Gasteiger charge is -2.40. The van der Waals surface area contributed by atoms with Gasteiger partial charge in [-0.25, -0.2) is 9.78 Å². The molecule has 0 radical (unpaired) electrons. The average Bonchev–Trinajstić information content (AvgIpc) is 3.66. The van der Waals surface area contributed by atoms with E-state index in [0.29, 0.717) is 42.3 Å². The van der Waals surface area contributed by atoms with Crippen molar-refractivity contribution in [1.82, 2.24) is 10.3 Å². The highest BCUT2D eigenvalue weighted by molar-refractivity contribution is 6.30. The second kappa shape index (κ2) is 9.83. The molecule has 0 unspecified atom stereocenters. The molecule has 1 amide bonds. The average molecular weight is 546 g/mol. The Morgan fingerprint density at radius 1 is 1.08 bits per heavy atom. The van der Waals surface area contributed by atoms with E-state index in [1.165, 1.54) is 7.11 Å². The van der Waals surface area contributed by atoms with Gasteiger partial charge in [0.25, 0.3) is 5.91 Å². The van der Waals surface area contributed by atoms with E-state index in [4.69, 9.17) is 21.1 Å². The summed E-state index contributed by atoms with van der Waals surface area (Å²) >= 11 is 5.90. The molecule has 1 saturated carbocycles. The third-order valence-corrected chi connectivity index (χ3v) is 6.92. The first-order valence-electron chi connectivity index (χ1n) is 11.8. The Balaban J connectivity index is 1.34. The Hall–Kier alpha value is -3.79. The van der Waals surface area contributed by atoms with Gasteiger partial charge in [-0.15, -0.1) is 0 Å². The van der Waals surface area contributed by atoms with Crippen LogP contribution in [-0.4, -0.2) is 43.2 Å². The van der Waals surface area contributed by atoms with Crippen LogP contribution in [0, 0.1) is 0 Å². The molecule has 2 heterocycles. The van der Waals surface area contributed by atoms with E-state index in [2.05, 4.69) is 10.3 Å². The first kappa shape index (κ1) is 25.8. The number of amides is 1. The summed E-state index contributed by atoms with van der Waals surface area (Å²) in [5.74, 6) is -0.372. The number of carbonyl (C=O) groups excluding carboxylic acids is 2. The highest BCUT2D eigenvalue weighted by atomic mass is 35.5. The molecule has 0 atom stereocenters. The van der Waals surface area contributed by atoms with E-state index in [0.717, 1.165) is 17.8 Å². The standard InChI is InChI=1S/C27H23ClF3N3O4/c1-37-25(36)16-2-4-17(5-3-16)26(10-11-26)33-24(35)22-12-18(27(29,30)31)13-32-23(22)34-14-21(15-34)38-20-8-6-19(28)7-9-20/h2-9,12-13,21H,10-11,14-15H2,1H3,(H,33,35). The van der Waals surface area contributed by atoms with Crippen molar-refractivity contribution in [1.29, 1.82) is 0 Å². The summed E-state index contributed by atoms with van der Waals surface area (Å²) in [6, 6.07) is 14.3. The zero-order valence-electron chi connectivity index (χ0n) is 20.2. The van der Waals surface area contributed by atoms with E-state index >= 15 is 0 Å². The number of nitrogens with zero attached hydrogens (tertiary/aromatic N) is 2. The molecule has 3 aromatic rings. The molecule has 198 valence electrons. The number of nitrogens with one attached hydrogen (secondary N) is 1. The van der Waals surface area contributed by atoms with Gasteiger partial charge in [-0.1, -0.05) is 23.7 Å². The smallest absolute Gasteiger partial charge is 0.417 e. The minimum atomic E-state index is -4.66. The van der Waals surface area contributed by atoms with Gasteiger partial charge in [0.05, 0.1) is 42.4 Å². The Morgan fingerprint density at radius 3 is 2.32 bits per heavy atom. The van der Waals surface area contributed by atoms with Gasteiger partial charge in [-0.2, -0.15) is 13.2 Å². The number of hydrogen-bond acceptors (Lipinski definition) is 6. The number of carbonyl (C=O) groups is 2. The van der Waals surface area contributed by atoms with Crippen LogP contribution in [0.5, 0.6) is 5.75 Å². The summed E-state index contributed by atoms with van der Waals surface area (Å²) in [5, 5.41) is 3.48. The van der Waals surface area contributed by atoms with E-state index < -0.39 is 29.2 Å². The van der Waals surface area contributed by atoms with Crippen molar-refractivity contribution < 1.29 is 32.2 Å². The van der Waals surface area contributed by atoms with Crippen LogP contribution in [0.15, 0.2) is 60.8 Å². The van der Waals surface area contributed by atoms with Gasteiger partial charge >= 0.3 is 12.1 Å². The van der Waals surface area contributed by atoms with Crippen molar-refractivity contribution in [2.24, 2.45) is 0 Å². The molecule has 1 aliphatic heterocycles. The molecule has 11 heteroatoms. The van der Waals surface area contributed by atoms with Crippen molar-refractivity contribution >= 4 is 29.3 Å². The SMILES string of the molecule is COC(=O)c1ccc(C2(NC(=O)c3cc(C(F)(F)F)cnc3N3CC(Oc4ccc(Cl)cc4)C3)CC2)cc1. The highest BCUT2D eigenvalue weighted by Gasteiger charge is 2.47. The third-order valence-electron chi connectivity index (χ3n) is 6.66. The summed E-state index contributed by atoms with van der Waals surface area (Å²) in [4.78, 5) is 30.8. The molecule has 2 aliphatic rings. The fourth-order valence-corrected chi connectivity index (χ4v) is 4.49. The lowest BCUT2D eigenvalue weighted by Crippen LogP contribution is -2.55. The Labute approximate surface area is 221 Å². The molecule has 1 aromatic heterocycles. The van der Waals surface area contributed by atoms with Crippen molar-refractivity contribution in [2.75, 3.05) is 25.1 Å². The topological polar surface area (TPSA) is 80.8 Å². The van der Waals surface area contributed by atoms with Gasteiger partial charge in [-0.3, -0.25) is 4.79 Å². The van der Waals surface area contributed by atoms with Crippen molar-refractivity contribution in [3.05, 3.63) is 88.1 Å². The second-order valence-corrected chi connectivity index (χ2v) is 9.73. The molecular weight excluding hydrogens is 523 g/mol. The first-order chi connectivity index (χ1) is 18.1. The monoisotopic (exact) mass is 545 g/mol. The normalized spacial score (nSPS) is 16.4. The molecule has 5 rings (SSSR count). The largest absolute Gasteiger partial charge is 0.487 e. The lowest BCUT2D eigenvalue weighted by atomic mass is 10.0. The summed E-state index contributed by atoms with van der Waals surface area (Å²) < 4.78 is 51.0. The molecule has 38 heavy (non-hydrogen) atoms. The summed E-state index contributed by atoms with van der Waals surface area (Å²) in [6.45, 7) is 0.697. The number of esters is 1. The second-order valence-electron chi connectivity index (χ2n) is 9.30. The zero-order chi connectivity index (χ0) is 27.1. The number of halogens is 4. The van der Waals surface area contributed by atoms with E-state index in [1.54, 1.807) is 53.4 Å². The summed E-state index contributed by atoms with van der Waals surface area (Å²) in [5.41, 5.74) is -0.793. The van der Waals surface area contributed by atoms with E-state index in [1.807, 2.05) is 0 Å². The lowest BCUT2D eigenvalue weighted by molar-refractivity contribution is -0.137. The number of alkyl halides is 3. The number of rotatable bonds is 7. The van der Waals surface area contributed by atoms with Crippen LogP contribution in [0.25, 0.3) is 0 Å². The molecule has 1 N–H and O–H groups in total. The maximum atomic E-state index is 13.5. The maximum Gasteiger partial charge on any atom is 0.417 e. The van der Waals surface area contributed by atoms with E-state index in [-0.39, 0.29) is 17.5 Å². The molecular formula is C27H23ClF3N3O4. The minimum absolute atomic E-state index is 0.156. The van der Waals surface area contributed by atoms with Gasteiger partial charge in [0.15, 0.2) is 0 Å². The number of methoxy groups -OCH3 is 1. The van der Waals surface area contributed by atoms with Crippen LogP contribution in [0.2, 0.25) is 5.02 Å². The molecule has 1 saturated heterocycles. The van der Waals surface area contributed by atoms with Crippen molar-refractivity contribution in [3.63, 3.8) is 0 Å². The van der Waals surface area contributed by atoms with Crippen LogP contribution in [0.1, 0.15) is 44.7 Å². The third kappa shape index (κ3) is 5.26. The van der Waals surface area contributed by atoms with Gasteiger partial charge < -0.3 is 19.7 Å².